The van der Waals surface area contributed by atoms with Gasteiger partial charge in [-0.1, -0.05) is 0 Å². The zero-order valence-corrected chi connectivity index (χ0v) is 16.6. The third-order valence-corrected chi connectivity index (χ3v) is 4.80. The molecule has 0 spiro atoms. The maximum absolute atomic E-state index is 14.2. The number of nitrogens with zero attached hydrogens (tertiary/aromatic N) is 4. The van der Waals surface area contributed by atoms with Gasteiger partial charge in [0.15, 0.2) is 5.65 Å². The molecule has 0 unspecified atom stereocenters. The van der Waals surface area contributed by atoms with E-state index in [1.165, 1.54) is 7.11 Å². The summed E-state index contributed by atoms with van der Waals surface area (Å²) in [6.07, 6.45) is 1.56. The van der Waals surface area contributed by atoms with Gasteiger partial charge in [0.1, 0.15) is 29.5 Å². The third kappa shape index (κ3) is 3.49. The van der Waals surface area contributed by atoms with Crippen LogP contribution in [-0.4, -0.2) is 33.8 Å². The number of hydrogen-bond acceptors (Lipinski definition) is 6. The van der Waals surface area contributed by atoms with Crippen LogP contribution in [0.3, 0.4) is 0 Å². The van der Waals surface area contributed by atoms with E-state index in [-0.39, 0.29) is 17.9 Å². The fraction of sp³-hybridized carbons (Fsp3) is 0.190. The number of rotatable bonds is 6. The molecule has 1 aromatic carbocycles. The molecule has 0 aliphatic rings. The van der Waals surface area contributed by atoms with Crippen LogP contribution >= 0.6 is 0 Å². The molecule has 0 bridgehead atoms. The van der Waals surface area contributed by atoms with Crippen LogP contribution in [0.2, 0.25) is 0 Å². The SMILES string of the molecule is COc1ccc(-c2ccc(NCc3c(F)cc(F)cc3OC)n3cnnc23)c(C)n1. The molecule has 0 fully saturated rings. The lowest BCUT2D eigenvalue weighted by molar-refractivity contribution is 0.397. The van der Waals surface area contributed by atoms with Gasteiger partial charge in [-0.15, -0.1) is 10.2 Å². The van der Waals surface area contributed by atoms with Gasteiger partial charge in [-0.3, -0.25) is 4.40 Å². The van der Waals surface area contributed by atoms with Crippen LogP contribution < -0.4 is 14.8 Å². The van der Waals surface area contributed by atoms with Gasteiger partial charge in [-0.25, -0.2) is 13.8 Å². The molecule has 4 rings (SSSR count). The maximum Gasteiger partial charge on any atom is 0.213 e. The summed E-state index contributed by atoms with van der Waals surface area (Å²) in [5.74, 6) is -0.0690. The molecule has 3 aromatic heterocycles. The Hall–Kier alpha value is -3.75. The summed E-state index contributed by atoms with van der Waals surface area (Å²) >= 11 is 0. The molecule has 1 N–H and O–H groups in total. The topological polar surface area (TPSA) is 73.6 Å². The quantitative estimate of drug-likeness (QED) is 0.517. The second kappa shape index (κ2) is 7.94. The van der Waals surface area contributed by atoms with Gasteiger partial charge >= 0.3 is 0 Å². The predicted octanol–water partition coefficient (Wildman–Crippen LogP) is 4.01. The van der Waals surface area contributed by atoms with Gasteiger partial charge in [0, 0.05) is 47.1 Å². The van der Waals surface area contributed by atoms with Crippen LogP contribution in [0.1, 0.15) is 11.3 Å². The Morgan fingerprint density at radius 3 is 2.57 bits per heavy atom. The second-order valence-electron chi connectivity index (χ2n) is 6.57. The van der Waals surface area contributed by atoms with Crippen LogP contribution in [0.25, 0.3) is 16.8 Å². The molecule has 0 atom stereocenters. The van der Waals surface area contributed by atoms with Crippen LogP contribution in [0, 0.1) is 18.6 Å². The van der Waals surface area contributed by atoms with Crippen molar-refractivity contribution in [1.29, 1.82) is 0 Å². The molecule has 0 aliphatic heterocycles. The lowest BCUT2D eigenvalue weighted by Crippen LogP contribution is -2.08. The van der Waals surface area contributed by atoms with E-state index in [1.54, 1.807) is 23.9 Å². The average Bonchev–Trinajstić information content (AvgIpc) is 3.23. The van der Waals surface area contributed by atoms with Crippen molar-refractivity contribution in [3.8, 4) is 22.8 Å². The van der Waals surface area contributed by atoms with Crippen molar-refractivity contribution < 1.29 is 18.3 Å². The first-order valence-electron chi connectivity index (χ1n) is 9.12. The van der Waals surface area contributed by atoms with E-state index < -0.39 is 11.6 Å². The van der Waals surface area contributed by atoms with Gasteiger partial charge in [0.25, 0.3) is 0 Å². The minimum atomic E-state index is -0.692. The zero-order valence-electron chi connectivity index (χ0n) is 16.6. The highest BCUT2D eigenvalue weighted by molar-refractivity contribution is 5.80. The predicted molar refractivity (Wildman–Crippen MR) is 108 cm³/mol. The smallest absolute Gasteiger partial charge is 0.213 e. The van der Waals surface area contributed by atoms with Gasteiger partial charge in [-0.05, 0) is 25.1 Å². The highest BCUT2D eigenvalue weighted by Gasteiger charge is 2.15. The van der Waals surface area contributed by atoms with Crippen LogP contribution in [0.15, 0.2) is 42.7 Å². The molecule has 0 saturated heterocycles. The molecule has 30 heavy (non-hydrogen) atoms. The molecule has 0 aliphatic carbocycles. The number of benzene rings is 1. The molecule has 154 valence electrons. The van der Waals surface area contributed by atoms with E-state index >= 15 is 0 Å². The van der Waals surface area contributed by atoms with E-state index in [1.807, 2.05) is 25.1 Å². The van der Waals surface area contributed by atoms with E-state index in [4.69, 9.17) is 9.47 Å². The van der Waals surface area contributed by atoms with Gasteiger partial charge in [-0.2, -0.15) is 0 Å². The Labute approximate surface area is 171 Å². The number of aromatic nitrogens is 4. The summed E-state index contributed by atoms with van der Waals surface area (Å²) in [5, 5.41) is 11.4. The van der Waals surface area contributed by atoms with Crippen LogP contribution in [0.4, 0.5) is 14.6 Å². The standard InChI is InChI=1S/C21H19F2N5O2/c1-12-14(5-7-20(26-12)30-3)15-4-6-19(28-11-25-27-21(15)28)24-10-16-17(23)8-13(22)9-18(16)29-2/h4-9,11,24H,10H2,1-3H3. The molecular weight excluding hydrogens is 392 g/mol. The zero-order chi connectivity index (χ0) is 21.3. The van der Waals surface area contributed by atoms with Gasteiger partial charge < -0.3 is 14.8 Å². The Bertz CT molecular complexity index is 1230. The first-order valence-corrected chi connectivity index (χ1v) is 9.12. The largest absolute Gasteiger partial charge is 0.496 e. The van der Waals surface area contributed by atoms with Gasteiger partial charge in [0.2, 0.25) is 5.88 Å². The van der Waals surface area contributed by atoms with Gasteiger partial charge in [0.05, 0.1) is 14.2 Å². The minimum Gasteiger partial charge on any atom is -0.496 e. The lowest BCUT2D eigenvalue weighted by Gasteiger charge is -2.14. The Balaban J connectivity index is 1.69. The van der Waals surface area contributed by atoms with Crippen LogP contribution in [-0.2, 0) is 6.54 Å². The number of anilines is 1. The van der Waals surface area contributed by atoms with Crippen molar-refractivity contribution in [3.05, 3.63) is 65.6 Å². The maximum atomic E-state index is 14.2. The van der Waals surface area contributed by atoms with Crippen molar-refractivity contribution in [2.24, 2.45) is 0 Å². The number of nitrogens with one attached hydrogen (secondary N) is 1. The molecular formula is C21H19F2N5O2. The molecule has 4 aromatic rings. The second-order valence-corrected chi connectivity index (χ2v) is 6.57. The highest BCUT2D eigenvalue weighted by Crippen LogP contribution is 2.30. The summed E-state index contributed by atoms with van der Waals surface area (Å²) < 4.78 is 39.7. The first kappa shape index (κ1) is 19.6. The normalized spacial score (nSPS) is 11.0. The van der Waals surface area contributed by atoms with E-state index in [2.05, 4.69) is 20.5 Å². The minimum absolute atomic E-state index is 0.0883. The number of ether oxygens (including phenoxy) is 2. The Morgan fingerprint density at radius 2 is 1.83 bits per heavy atom. The molecule has 0 saturated carbocycles. The lowest BCUT2D eigenvalue weighted by atomic mass is 10.1. The molecule has 3 heterocycles. The van der Waals surface area contributed by atoms with Crippen molar-refractivity contribution in [2.75, 3.05) is 19.5 Å². The fourth-order valence-electron chi connectivity index (χ4n) is 3.32. The van der Waals surface area contributed by atoms with E-state index in [0.717, 1.165) is 29.0 Å². The highest BCUT2D eigenvalue weighted by atomic mass is 19.1. The summed E-state index contributed by atoms with van der Waals surface area (Å²) in [6.45, 7) is 1.98. The number of fused-ring (bicyclic) bond motifs is 1. The van der Waals surface area contributed by atoms with Crippen molar-refractivity contribution in [3.63, 3.8) is 0 Å². The van der Waals surface area contributed by atoms with E-state index in [9.17, 15) is 8.78 Å². The third-order valence-electron chi connectivity index (χ3n) is 4.80. The number of methoxy groups -OCH3 is 2. The number of hydrogen-bond donors (Lipinski definition) is 1. The number of halogens is 2. The number of aryl methyl sites for hydroxylation is 1. The molecule has 7 nitrogen and oxygen atoms in total. The Kier molecular flexibility index (Phi) is 5.18. The molecule has 9 heteroatoms. The van der Waals surface area contributed by atoms with Crippen molar-refractivity contribution in [2.45, 2.75) is 13.5 Å². The molecule has 0 amide bonds. The number of pyridine rings is 2. The fourth-order valence-corrected chi connectivity index (χ4v) is 3.32. The average molecular weight is 411 g/mol. The monoisotopic (exact) mass is 411 g/mol. The summed E-state index contributed by atoms with van der Waals surface area (Å²) in [4.78, 5) is 4.41. The summed E-state index contributed by atoms with van der Waals surface area (Å²) in [6, 6.07) is 9.40. The van der Waals surface area contributed by atoms with E-state index in [0.29, 0.717) is 17.3 Å². The Morgan fingerprint density at radius 1 is 1.03 bits per heavy atom. The first-order chi connectivity index (χ1) is 14.5. The summed E-state index contributed by atoms with van der Waals surface area (Å²) in [7, 11) is 2.94. The van der Waals surface area contributed by atoms with Crippen molar-refractivity contribution in [1.82, 2.24) is 19.6 Å². The van der Waals surface area contributed by atoms with Crippen LogP contribution in [0.5, 0.6) is 11.6 Å². The molecule has 0 radical (unpaired) electrons. The van der Waals surface area contributed by atoms with Crippen molar-refractivity contribution >= 4 is 11.5 Å². The summed E-state index contributed by atoms with van der Waals surface area (Å²) in [5.41, 5.74) is 3.36.